The molecule has 1 aliphatic heterocycles. The normalized spacial score (nSPS) is 19.4. The molecule has 1 atom stereocenters. The maximum atomic E-state index is 6.51. The first-order valence-corrected chi connectivity index (χ1v) is 7.38. The second-order valence-electron chi connectivity index (χ2n) is 5.58. The molecule has 1 saturated heterocycles. The van der Waals surface area contributed by atoms with Crippen LogP contribution >= 0.6 is 11.6 Å². The SMILES string of the molecule is Cc1cc2c(C3CCCN3)c3oc(C)cc3c(Cl)c2o1. The van der Waals surface area contributed by atoms with Gasteiger partial charge in [0.25, 0.3) is 0 Å². The summed E-state index contributed by atoms with van der Waals surface area (Å²) in [6.45, 7) is 4.96. The highest BCUT2D eigenvalue weighted by molar-refractivity contribution is 6.40. The molecule has 1 fully saturated rings. The highest BCUT2D eigenvalue weighted by atomic mass is 35.5. The molecule has 3 heterocycles. The van der Waals surface area contributed by atoms with Crippen molar-refractivity contribution >= 4 is 33.5 Å². The zero-order chi connectivity index (χ0) is 13.9. The van der Waals surface area contributed by atoms with Gasteiger partial charge in [0.1, 0.15) is 17.1 Å². The van der Waals surface area contributed by atoms with Crippen LogP contribution in [-0.2, 0) is 0 Å². The van der Waals surface area contributed by atoms with E-state index in [-0.39, 0.29) is 0 Å². The molecule has 0 bridgehead atoms. The minimum absolute atomic E-state index is 0.319. The van der Waals surface area contributed by atoms with Gasteiger partial charge in [-0.15, -0.1) is 0 Å². The molecule has 104 valence electrons. The lowest BCUT2D eigenvalue weighted by Gasteiger charge is -2.13. The molecular formula is C16H16ClNO2. The van der Waals surface area contributed by atoms with Crippen molar-refractivity contribution in [3.8, 4) is 0 Å². The van der Waals surface area contributed by atoms with E-state index in [1.165, 1.54) is 12.0 Å². The van der Waals surface area contributed by atoms with Gasteiger partial charge < -0.3 is 14.2 Å². The second kappa shape index (κ2) is 4.27. The molecule has 1 aromatic carbocycles. The van der Waals surface area contributed by atoms with Crippen LogP contribution in [0.2, 0.25) is 5.02 Å². The fourth-order valence-corrected chi connectivity index (χ4v) is 3.56. The van der Waals surface area contributed by atoms with Crippen molar-refractivity contribution in [2.75, 3.05) is 6.54 Å². The Kier molecular flexibility index (Phi) is 2.63. The Balaban J connectivity index is 2.16. The first kappa shape index (κ1) is 12.3. The van der Waals surface area contributed by atoms with Gasteiger partial charge in [0.05, 0.1) is 5.02 Å². The first-order chi connectivity index (χ1) is 9.65. The van der Waals surface area contributed by atoms with E-state index in [0.717, 1.165) is 46.4 Å². The molecule has 0 amide bonds. The van der Waals surface area contributed by atoms with Crippen molar-refractivity contribution in [3.05, 3.63) is 34.2 Å². The summed E-state index contributed by atoms with van der Waals surface area (Å²) in [6, 6.07) is 4.38. The maximum Gasteiger partial charge on any atom is 0.154 e. The van der Waals surface area contributed by atoms with Crippen LogP contribution in [0.4, 0.5) is 0 Å². The van der Waals surface area contributed by atoms with Crippen LogP contribution in [0.25, 0.3) is 21.9 Å². The van der Waals surface area contributed by atoms with E-state index in [1.807, 2.05) is 19.9 Å². The number of benzene rings is 1. The Hall–Kier alpha value is -1.45. The van der Waals surface area contributed by atoms with Gasteiger partial charge in [-0.25, -0.2) is 0 Å². The van der Waals surface area contributed by atoms with Crippen molar-refractivity contribution in [3.63, 3.8) is 0 Å². The Labute approximate surface area is 121 Å². The maximum absolute atomic E-state index is 6.51. The predicted octanol–water partition coefficient (Wildman–Crippen LogP) is 4.87. The van der Waals surface area contributed by atoms with Crippen molar-refractivity contribution < 1.29 is 8.83 Å². The third-order valence-corrected chi connectivity index (χ3v) is 4.47. The third kappa shape index (κ3) is 1.63. The Morgan fingerprint density at radius 2 is 1.80 bits per heavy atom. The fraction of sp³-hybridized carbons (Fsp3) is 0.375. The summed E-state index contributed by atoms with van der Waals surface area (Å²) in [7, 11) is 0. The van der Waals surface area contributed by atoms with Gasteiger partial charge in [-0.3, -0.25) is 0 Å². The van der Waals surface area contributed by atoms with Crippen LogP contribution in [-0.4, -0.2) is 6.54 Å². The molecule has 2 aromatic heterocycles. The first-order valence-electron chi connectivity index (χ1n) is 7.00. The highest BCUT2D eigenvalue weighted by Gasteiger charge is 2.26. The monoisotopic (exact) mass is 289 g/mol. The Morgan fingerprint density at radius 1 is 1.10 bits per heavy atom. The molecule has 3 nitrogen and oxygen atoms in total. The molecule has 1 unspecified atom stereocenters. The molecule has 20 heavy (non-hydrogen) atoms. The number of fused-ring (bicyclic) bond motifs is 2. The lowest BCUT2D eigenvalue weighted by atomic mass is 9.98. The summed E-state index contributed by atoms with van der Waals surface area (Å²) in [4.78, 5) is 0. The standard InChI is InChI=1S/C16H16ClNO2/c1-8-6-10-13(12-4-3-5-18-12)15-11(7-9(2)19-15)14(17)16(10)20-8/h6-7,12,18H,3-5H2,1-2H3. The highest BCUT2D eigenvalue weighted by Crippen LogP contribution is 2.43. The summed E-state index contributed by atoms with van der Waals surface area (Å²) in [6.07, 6.45) is 2.31. The fourth-order valence-electron chi connectivity index (χ4n) is 3.28. The number of halogens is 1. The van der Waals surface area contributed by atoms with E-state index in [9.17, 15) is 0 Å². The molecule has 0 spiro atoms. The van der Waals surface area contributed by atoms with Gasteiger partial charge in [0.2, 0.25) is 0 Å². The minimum atomic E-state index is 0.319. The van der Waals surface area contributed by atoms with E-state index < -0.39 is 0 Å². The molecular weight excluding hydrogens is 274 g/mol. The van der Waals surface area contributed by atoms with Crippen molar-refractivity contribution in [1.82, 2.24) is 5.32 Å². The average molecular weight is 290 g/mol. The van der Waals surface area contributed by atoms with Gasteiger partial charge in [0, 0.05) is 22.4 Å². The number of rotatable bonds is 1. The topological polar surface area (TPSA) is 38.3 Å². The molecule has 0 aliphatic carbocycles. The quantitative estimate of drug-likeness (QED) is 0.694. The van der Waals surface area contributed by atoms with Gasteiger partial charge in [-0.1, -0.05) is 11.6 Å². The second-order valence-corrected chi connectivity index (χ2v) is 5.95. The van der Waals surface area contributed by atoms with E-state index >= 15 is 0 Å². The van der Waals surface area contributed by atoms with Crippen molar-refractivity contribution in [2.45, 2.75) is 32.7 Å². The molecule has 1 aliphatic rings. The number of hydrogen-bond acceptors (Lipinski definition) is 3. The van der Waals surface area contributed by atoms with E-state index in [4.69, 9.17) is 20.4 Å². The lowest BCUT2D eigenvalue weighted by Crippen LogP contribution is -2.13. The summed E-state index contributed by atoms with van der Waals surface area (Å²) in [5, 5.41) is 6.24. The largest absolute Gasteiger partial charge is 0.461 e. The van der Waals surface area contributed by atoms with Gasteiger partial charge in [0.15, 0.2) is 5.58 Å². The van der Waals surface area contributed by atoms with Crippen LogP contribution in [0.1, 0.15) is 36.0 Å². The van der Waals surface area contributed by atoms with E-state index in [1.54, 1.807) is 0 Å². The average Bonchev–Trinajstić information content (AvgIpc) is 3.09. The molecule has 0 saturated carbocycles. The summed E-state index contributed by atoms with van der Waals surface area (Å²) < 4.78 is 11.8. The van der Waals surface area contributed by atoms with Crippen molar-refractivity contribution in [2.24, 2.45) is 0 Å². The smallest absolute Gasteiger partial charge is 0.154 e. The van der Waals surface area contributed by atoms with Crippen LogP contribution in [0.3, 0.4) is 0 Å². The number of furan rings is 2. The molecule has 4 heteroatoms. The number of nitrogens with one attached hydrogen (secondary N) is 1. The minimum Gasteiger partial charge on any atom is -0.461 e. The zero-order valence-corrected chi connectivity index (χ0v) is 12.3. The van der Waals surface area contributed by atoms with Crippen LogP contribution in [0, 0.1) is 13.8 Å². The lowest BCUT2D eigenvalue weighted by molar-refractivity contribution is 0.561. The van der Waals surface area contributed by atoms with Crippen LogP contribution in [0.15, 0.2) is 21.0 Å². The van der Waals surface area contributed by atoms with Gasteiger partial charge in [-0.05, 0) is 45.4 Å². The van der Waals surface area contributed by atoms with Gasteiger partial charge in [-0.2, -0.15) is 0 Å². The van der Waals surface area contributed by atoms with Gasteiger partial charge >= 0.3 is 0 Å². The summed E-state index contributed by atoms with van der Waals surface area (Å²) in [5.41, 5.74) is 2.88. The summed E-state index contributed by atoms with van der Waals surface area (Å²) >= 11 is 6.51. The predicted molar refractivity (Wildman–Crippen MR) is 80.4 cm³/mol. The molecule has 0 radical (unpaired) electrons. The van der Waals surface area contributed by atoms with Crippen LogP contribution < -0.4 is 5.32 Å². The molecule has 1 N–H and O–H groups in total. The van der Waals surface area contributed by atoms with Crippen LogP contribution in [0.5, 0.6) is 0 Å². The zero-order valence-electron chi connectivity index (χ0n) is 11.5. The van der Waals surface area contributed by atoms with E-state index in [2.05, 4.69) is 11.4 Å². The summed E-state index contributed by atoms with van der Waals surface area (Å²) in [5.74, 6) is 1.76. The molecule has 4 rings (SSSR count). The van der Waals surface area contributed by atoms with E-state index in [0.29, 0.717) is 11.1 Å². The number of hydrogen-bond donors (Lipinski definition) is 1. The Bertz CT molecular complexity index is 751. The third-order valence-electron chi connectivity index (χ3n) is 4.09. The van der Waals surface area contributed by atoms with Crippen molar-refractivity contribution in [1.29, 1.82) is 0 Å². The number of aryl methyl sites for hydroxylation is 2. The Morgan fingerprint density at radius 3 is 2.50 bits per heavy atom. The molecule has 3 aromatic rings.